The number of piperazine rings is 1. The maximum absolute atomic E-state index is 12.4. The smallest absolute Gasteiger partial charge is 0.289 e. The number of furan rings is 1. The lowest BCUT2D eigenvalue weighted by Crippen LogP contribution is -2.53. The van der Waals surface area contributed by atoms with Gasteiger partial charge in [0.25, 0.3) is 5.91 Å². The summed E-state index contributed by atoms with van der Waals surface area (Å²) < 4.78 is 5.23. The average molecular weight is 390 g/mol. The first-order valence-electron chi connectivity index (χ1n) is 10.0. The topological polar surface area (TPSA) is 61.1 Å². The molecule has 0 spiro atoms. The van der Waals surface area contributed by atoms with E-state index in [1.54, 1.807) is 19.2 Å². The normalized spacial score (nSPS) is 15.0. The molecule has 0 unspecified atom stereocenters. The quantitative estimate of drug-likeness (QED) is 0.550. The number of carbonyl (C=O) groups is 1. The van der Waals surface area contributed by atoms with Crippen molar-refractivity contribution in [1.82, 2.24) is 15.1 Å². The highest BCUT2D eigenvalue weighted by Crippen LogP contribution is 2.16. The fourth-order valence-electron chi connectivity index (χ4n) is 3.72. The van der Waals surface area contributed by atoms with E-state index in [2.05, 4.69) is 57.7 Å². The molecule has 6 heteroatoms. The van der Waals surface area contributed by atoms with Gasteiger partial charge < -0.3 is 19.5 Å². The van der Waals surface area contributed by atoms with Crippen LogP contribution in [0.5, 0.6) is 0 Å². The van der Waals surface area contributed by atoms with Gasteiger partial charge in [0.05, 0.1) is 6.26 Å². The zero-order valence-corrected chi connectivity index (χ0v) is 16.7. The Kier molecular flexibility index (Phi) is 5.79. The highest BCUT2D eigenvalue weighted by Gasteiger charge is 2.25. The number of benzene rings is 2. The summed E-state index contributed by atoms with van der Waals surface area (Å²) in [6.45, 7) is 3.64. The van der Waals surface area contributed by atoms with Crippen molar-refractivity contribution in [3.63, 3.8) is 0 Å². The Morgan fingerprint density at radius 3 is 2.48 bits per heavy atom. The Balaban J connectivity index is 1.28. The van der Waals surface area contributed by atoms with Crippen LogP contribution in [0.4, 0.5) is 0 Å². The van der Waals surface area contributed by atoms with Crippen molar-refractivity contribution in [2.45, 2.75) is 6.42 Å². The van der Waals surface area contributed by atoms with Crippen LogP contribution in [0.1, 0.15) is 16.1 Å². The number of amides is 1. The minimum absolute atomic E-state index is 0.0473. The summed E-state index contributed by atoms with van der Waals surface area (Å²) in [5.41, 5.74) is 1.31. The summed E-state index contributed by atoms with van der Waals surface area (Å²) in [5, 5.41) is 6.00. The first-order chi connectivity index (χ1) is 14.2. The van der Waals surface area contributed by atoms with Crippen LogP contribution in [0.3, 0.4) is 0 Å². The van der Waals surface area contributed by atoms with Gasteiger partial charge in [0.1, 0.15) is 0 Å². The van der Waals surface area contributed by atoms with Crippen molar-refractivity contribution in [2.75, 3.05) is 39.8 Å². The zero-order valence-electron chi connectivity index (χ0n) is 16.7. The number of guanidine groups is 1. The molecule has 1 fully saturated rings. The first kappa shape index (κ1) is 19.1. The molecule has 1 aliphatic rings. The Bertz CT molecular complexity index is 989. The zero-order chi connectivity index (χ0) is 20.1. The molecule has 0 saturated carbocycles. The fraction of sp³-hybridized carbons (Fsp3) is 0.304. The third-order valence-electron chi connectivity index (χ3n) is 5.32. The Hall–Kier alpha value is -3.28. The van der Waals surface area contributed by atoms with Crippen molar-refractivity contribution in [3.8, 4) is 0 Å². The van der Waals surface area contributed by atoms with Gasteiger partial charge in [0.2, 0.25) is 0 Å². The van der Waals surface area contributed by atoms with E-state index in [1.807, 2.05) is 4.90 Å². The molecule has 2 aromatic carbocycles. The Morgan fingerprint density at radius 2 is 1.76 bits per heavy atom. The van der Waals surface area contributed by atoms with Crippen molar-refractivity contribution in [3.05, 3.63) is 72.2 Å². The van der Waals surface area contributed by atoms with E-state index in [0.29, 0.717) is 18.8 Å². The van der Waals surface area contributed by atoms with Gasteiger partial charge in [-0.05, 0) is 34.9 Å². The predicted molar refractivity (Wildman–Crippen MR) is 115 cm³/mol. The van der Waals surface area contributed by atoms with Crippen LogP contribution in [0.2, 0.25) is 0 Å². The van der Waals surface area contributed by atoms with E-state index in [-0.39, 0.29) is 5.91 Å². The highest BCUT2D eigenvalue weighted by molar-refractivity contribution is 5.91. The van der Waals surface area contributed by atoms with Crippen LogP contribution in [0.15, 0.2) is 70.3 Å². The second-order valence-electron chi connectivity index (χ2n) is 7.16. The average Bonchev–Trinajstić information content (AvgIpc) is 3.31. The third kappa shape index (κ3) is 4.42. The van der Waals surface area contributed by atoms with Crippen molar-refractivity contribution in [2.24, 2.45) is 4.99 Å². The van der Waals surface area contributed by atoms with Gasteiger partial charge in [-0.15, -0.1) is 0 Å². The van der Waals surface area contributed by atoms with Gasteiger partial charge >= 0.3 is 0 Å². The fourth-order valence-corrected chi connectivity index (χ4v) is 3.72. The van der Waals surface area contributed by atoms with Gasteiger partial charge in [-0.1, -0.05) is 42.5 Å². The summed E-state index contributed by atoms with van der Waals surface area (Å²) in [5.74, 6) is 1.24. The van der Waals surface area contributed by atoms with Crippen LogP contribution >= 0.6 is 0 Å². The van der Waals surface area contributed by atoms with E-state index >= 15 is 0 Å². The molecule has 0 atom stereocenters. The minimum atomic E-state index is -0.0473. The number of nitrogens with zero attached hydrogens (tertiary/aromatic N) is 3. The number of nitrogens with one attached hydrogen (secondary N) is 1. The lowest BCUT2D eigenvalue weighted by molar-refractivity contribution is 0.0658. The van der Waals surface area contributed by atoms with Crippen LogP contribution < -0.4 is 5.32 Å². The van der Waals surface area contributed by atoms with Crippen LogP contribution in [0, 0.1) is 0 Å². The van der Waals surface area contributed by atoms with Gasteiger partial charge in [-0.3, -0.25) is 9.79 Å². The van der Waals surface area contributed by atoms with Crippen molar-refractivity contribution >= 4 is 22.6 Å². The summed E-state index contributed by atoms with van der Waals surface area (Å²) in [7, 11) is 1.80. The molecule has 3 aromatic rings. The number of rotatable bonds is 4. The molecular formula is C23H26N4O2. The lowest BCUT2D eigenvalue weighted by atomic mass is 10.1. The summed E-state index contributed by atoms with van der Waals surface area (Å²) in [6.07, 6.45) is 2.46. The molecule has 1 aromatic heterocycles. The van der Waals surface area contributed by atoms with Gasteiger partial charge in [-0.25, -0.2) is 0 Å². The van der Waals surface area contributed by atoms with Crippen molar-refractivity contribution in [1.29, 1.82) is 0 Å². The van der Waals surface area contributed by atoms with Crippen LogP contribution in [0.25, 0.3) is 10.8 Å². The van der Waals surface area contributed by atoms with E-state index in [1.165, 1.54) is 22.6 Å². The second kappa shape index (κ2) is 8.82. The molecule has 1 saturated heterocycles. The third-order valence-corrected chi connectivity index (χ3v) is 5.32. The van der Waals surface area contributed by atoms with E-state index in [9.17, 15) is 4.79 Å². The summed E-state index contributed by atoms with van der Waals surface area (Å²) >= 11 is 0. The standard InChI is InChI=1S/C23H26N4O2/c1-24-23(25-11-10-18-8-9-19-5-2-3-6-20(19)17-18)27-14-12-26(13-15-27)22(28)21-7-4-16-29-21/h2-9,16-17H,10-15H2,1H3,(H,24,25). The van der Waals surface area contributed by atoms with E-state index in [0.717, 1.165) is 32.0 Å². The number of hydrogen-bond acceptors (Lipinski definition) is 3. The lowest BCUT2D eigenvalue weighted by Gasteiger charge is -2.36. The van der Waals surface area contributed by atoms with E-state index < -0.39 is 0 Å². The maximum atomic E-state index is 12.4. The molecule has 0 radical (unpaired) electrons. The largest absolute Gasteiger partial charge is 0.459 e. The maximum Gasteiger partial charge on any atom is 0.289 e. The molecule has 150 valence electrons. The molecule has 0 aliphatic carbocycles. The number of hydrogen-bond donors (Lipinski definition) is 1. The summed E-state index contributed by atoms with van der Waals surface area (Å²) in [4.78, 5) is 20.9. The Morgan fingerprint density at radius 1 is 1.00 bits per heavy atom. The number of fused-ring (bicyclic) bond motifs is 1. The Labute approximate surface area is 170 Å². The predicted octanol–water partition coefficient (Wildman–Crippen LogP) is 3.01. The van der Waals surface area contributed by atoms with Gasteiger partial charge in [0, 0.05) is 39.8 Å². The molecule has 2 heterocycles. The molecule has 0 bridgehead atoms. The summed E-state index contributed by atoms with van der Waals surface area (Å²) in [6, 6.07) is 18.5. The second-order valence-corrected chi connectivity index (χ2v) is 7.16. The number of carbonyl (C=O) groups excluding carboxylic acids is 1. The van der Waals surface area contributed by atoms with Crippen LogP contribution in [-0.2, 0) is 6.42 Å². The number of aliphatic imine (C=N–C) groups is 1. The minimum Gasteiger partial charge on any atom is -0.459 e. The SMILES string of the molecule is CN=C(NCCc1ccc2ccccc2c1)N1CCN(C(=O)c2ccco2)CC1. The molecular weight excluding hydrogens is 364 g/mol. The molecule has 1 amide bonds. The van der Waals surface area contributed by atoms with E-state index in [4.69, 9.17) is 4.42 Å². The van der Waals surface area contributed by atoms with Crippen LogP contribution in [-0.4, -0.2) is 61.4 Å². The highest BCUT2D eigenvalue weighted by atomic mass is 16.3. The molecule has 4 rings (SSSR count). The molecule has 1 N–H and O–H groups in total. The van der Waals surface area contributed by atoms with Crippen molar-refractivity contribution < 1.29 is 9.21 Å². The molecule has 6 nitrogen and oxygen atoms in total. The first-order valence-corrected chi connectivity index (χ1v) is 10.0. The van der Waals surface area contributed by atoms with Gasteiger partial charge in [-0.2, -0.15) is 0 Å². The van der Waals surface area contributed by atoms with Gasteiger partial charge in [0.15, 0.2) is 11.7 Å². The molecule has 1 aliphatic heterocycles. The molecule has 29 heavy (non-hydrogen) atoms. The monoisotopic (exact) mass is 390 g/mol.